The van der Waals surface area contributed by atoms with Crippen LogP contribution < -0.4 is 5.32 Å². The molecular weight excluding hydrogens is 308 g/mol. The molecule has 5 nitrogen and oxygen atoms in total. The number of aromatic nitrogens is 2. The lowest BCUT2D eigenvalue weighted by Gasteiger charge is -2.18. The van der Waals surface area contributed by atoms with E-state index in [-0.39, 0.29) is 5.91 Å². The average molecular weight is 332 g/mol. The Hall–Kier alpha value is -1.53. The van der Waals surface area contributed by atoms with E-state index in [0.29, 0.717) is 12.5 Å². The summed E-state index contributed by atoms with van der Waals surface area (Å²) in [6, 6.07) is 8.06. The summed E-state index contributed by atoms with van der Waals surface area (Å²) in [7, 11) is 1.97. The molecule has 1 aromatic heterocycles. The van der Waals surface area contributed by atoms with Crippen molar-refractivity contribution in [2.75, 3.05) is 32.9 Å². The van der Waals surface area contributed by atoms with E-state index in [9.17, 15) is 4.79 Å². The van der Waals surface area contributed by atoms with Crippen molar-refractivity contribution >= 4 is 28.7 Å². The van der Waals surface area contributed by atoms with Crippen LogP contribution in [0.15, 0.2) is 24.3 Å². The van der Waals surface area contributed by atoms with Gasteiger partial charge in [-0.2, -0.15) is 11.8 Å². The van der Waals surface area contributed by atoms with Gasteiger partial charge in [0.05, 0.1) is 16.8 Å². The van der Waals surface area contributed by atoms with E-state index >= 15 is 0 Å². The smallest absolute Gasteiger partial charge is 0.242 e. The molecule has 0 spiro atoms. The molecule has 1 saturated heterocycles. The molecule has 6 heteroatoms. The Kier molecular flexibility index (Phi) is 5.23. The minimum Gasteiger partial charge on any atom is -0.341 e. The number of benzene rings is 1. The molecule has 1 fully saturated rings. The quantitative estimate of drug-likeness (QED) is 0.879. The Labute approximate surface area is 141 Å². The SMILES string of the molecule is CNCC1CCN(C(=O)Cn2c(CSC)nc3ccccc32)C1. The maximum atomic E-state index is 12.7. The van der Waals surface area contributed by atoms with E-state index < -0.39 is 0 Å². The highest BCUT2D eigenvalue weighted by Gasteiger charge is 2.26. The predicted molar refractivity (Wildman–Crippen MR) is 95.6 cm³/mol. The zero-order valence-electron chi connectivity index (χ0n) is 13.8. The van der Waals surface area contributed by atoms with Crippen LogP contribution >= 0.6 is 11.8 Å². The van der Waals surface area contributed by atoms with E-state index in [1.807, 2.05) is 36.2 Å². The summed E-state index contributed by atoms with van der Waals surface area (Å²) < 4.78 is 2.08. The number of hydrogen-bond acceptors (Lipinski definition) is 4. The summed E-state index contributed by atoms with van der Waals surface area (Å²) in [4.78, 5) is 19.4. The van der Waals surface area contributed by atoms with Crippen LogP contribution in [0.1, 0.15) is 12.2 Å². The van der Waals surface area contributed by atoms with Gasteiger partial charge in [-0.15, -0.1) is 0 Å². The number of carbonyl (C=O) groups excluding carboxylic acids is 1. The van der Waals surface area contributed by atoms with Crippen molar-refractivity contribution in [2.24, 2.45) is 5.92 Å². The van der Waals surface area contributed by atoms with Crippen molar-refractivity contribution in [3.63, 3.8) is 0 Å². The van der Waals surface area contributed by atoms with Gasteiger partial charge in [0.25, 0.3) is 0 Å². The number of nitrogens with one attached hydrogen (secondary N) is 1. The fourth-order valence-electron chi connectivity index (χ4n) is 3.29. The topological polar surface area (TPSA) is 50.2 Å². The second-order valence-electron chi connectivity index (χ2n) is 6.09. The largest absolute Gasteiger partial charge is 0.341 e. The Morgan fingerprint density at radius 1 is 1.43 bits per heavy atom. The van der Waals surface area contributed by atoms with Crippen LogP contribution in [0.3, 0.4) is 0 Å². The highest BCUT2D eigenvalue weighted by molar-refractivity contribution is 7.97. The van der Waals surface area contributed by atoms with Gasteiger partial charge in [0.1, 0.15) is 12.4 Å². The number of carbonyl (C=O) groups is 1. The second kappa shape index (κ2) is 7.36. The molecule has 0 saturated carbocycles. The standard InChI is InChI=1S/C17H24N4OS/c1-18-9-13-7-8-20(10-13)17(22)11-21-15-6-4-3-5-14(15)19-16(21)12-23-2/h3-6,13,18H,7-12H2,1-2H3. The molecule has 1 atom stereocenters. The molecule has 2 heterocycles. The van der Waals surface area contributed by atoms with Crippen LogP contribution in [0.4, 0.5) is 0 Å². The number of amides is 1. The van der Waals surface area contributed by atoms with Gasteiger partial charge in [0, 0.05) is 13.1 Å². The molecule has 0 aliphatic carbocycles. The molecule has 1 aliphatic heterocycles. The number of likely N-dealkylation sites (tertiary alicyclic amines) is 1. The lowest BCUT2D eigenvalue weighted by atomic mass is 10.1. The van der Waals surface area contributed by atoms with Crippen molar-refractivity contribution in [3.05, 3.63) is 30.1 Å². The summed E-state index contributed by atoms with van der Waals surface area (Å²) in [5.74, 6) is 2.59. The zero-order chi connectivity index (χ0) is 16.2. The number of para-hydroxylation sites is 2. The molecule has 1 N–H and O–H groups in total. The number of rotatable bonds is 6. The summed E-state index contributed by atoms with van der Waals surface area (Å²) in [6.07, 6.45) is 3.16. The van der Waals surface area contributed by atoms with Gasteiger partial charge in [-0.3, -0.25) is 4.79 Å². The highest BCUT2D eigenvalue weighted by atomic mass is 32.2. The van der Waals surface area contributed by atoms with Gasteiger partial charge in [-0.1, -0.05) is 12.1 Å². The Bertz CT molecular complexity index is 684. The van der Waals surface area contributed by atoms with Gasteiger partial charge in [0.15, 0.2) is 0 Å². The molecule has 2 aromatic rings. The second-order valence-corrected chi connectivity index (χ2v) is 6.95. The Morgan fingerprint density at radius 2 is 2.26 bits per heavy atom. The van der Waals surface area contributed by atoms with E-state index in [0.717, 1.165) is 48.7 Å². The monoisotopic (exact) mass is 332 g/mol. The van der Waals surface area contributed by atoms with E-state index in [1.54, 1.807) is 11.8 Å². The van der Waals surface area contributed by atoms with Crippen LogP contribution in [0.2, 0.25) is 0 Å². The lowest BCUT2D eigenvalue weighted by Crippen LogP contribution is -2.33. The van der Waals surface area contributed by atoms with Gasteiger partial charge >= 0.3 is 0 Å². The number of fused-ring (bicyclic) bond motifs is 1. The van der Waals surface area contributed by atoms with Gasteiger partial charge < -0.3 is 14.8 Å². The maximum absolute atomic E-state index is 12.7. The van der Waals surface area contributed by atoms with Crippen molar-refractivity contribution < 1.29 is 4.79 Å². The van der Waals surface area contributed by atoms with Crippen molar-refractivity contribution in [3.8, 4) is 0 Å². The van der Waals surface area contributed by atoms with Gasteiger partial charge in [0.2, 0.25) is 5.91 Å². The van der Waals surface area contributed by atoms with Crippen LogP contribution in [-0.4, -0.2) is 53.3 Å². The third-order valence-corrected chi connectivity index (χ3v) is 4.98. The minimum atomic E-state index is 0.203. The molecule has 124 valence electrons. The van der Waals surface area contributed by atoms with Crippen LogP contribution in [0.5, 0.6) is 0 Å². The van der Waals surface area contributed by atoms with Crippen LogP contribution in [-0.2, 0) is 17.1 Å². The molecule has 1 aliphatic rings. The highest BCUT2D eigenvalue weighted by Crippen LogP contribution is 2.21. The molecule has 1 unspecified atom stereocenters. The first-order chi connectivity index (χ1) is 11.2. The summed E-state index contributed by atoms with van der Waals surface area (Å²) in [5.41, 5.74) is 2.02. The normalized spacial score (nSPS) is 18.0. The molecule has 0 radical (unpaired) electrons. The first-order valence-corrected chi connectivity index (χ1v) is 9.47. The Morgan fingerprint density at radius 3 is 3.04 bits per heavy atom. The first-order valence-electron chi connectivity index (χ1n) is 8.08. The molecule has 0 bridgehead atoms. The molecular formula is C17H24N4OS. The Balaban J connectivity index is 1.78. The van der Waals surface area contributed by atoms with E-state index in [1.165, 1.54) is 0 Å². The summed E-state index contributed by atoms with van der Waals surface area (Å²) >= 11 is 1.73. The van der Waals surface area contributed by atoms with Gasteiger partial charge in [-0.05, 0) is 44.3 Å². The number of hydrogen-bond donors (Lipinski definition) is 1. The predicted octanol–water partition coefficient (Wildman–Crippen LogP) is 1.97. The van der Waals surface area contributed by atoms with Gasteiger partial charge in [-0.25, -0.2) is 4.98 Å². The van der Waals surface area contributed by atoms with E-state index in [4.69, 9.17) is 0 Å². The third kappa shape index (κ3) is 3.53. The fraction of sp³-hybridized carbons (Fsp3) is 0.529. The van der Waals surface area contributed by atoms with Crippen LogP contribution in [0, 0.1) is 5.92 Å². The number of imidazole rings is 1. The fourth-order valence-corrected chi connectivity index (χ4v) is 3.77. The van der Waals surface area contributed by atoms with E-state index in [2.05, 4.69) is 21.1 Å². The molecule has 1 amide bonds. The lowest BCUT2D eigenvalue weighted by molar-refractivity contribution is -0.130. The third-order valence-electron chi connectivity index (χ3n) is 4.43. The number of nitrogens with zero attached hydrogens (tertiary/aromatic N) is 3. The molecule has 23 heavy (non-hydrogen) atoms. The van der Waals surface area contributed by atoms with Crippen LogP contribution in [0.25, 0.3) is 11.0 Å². The minimum absolute atomic E-state index is 0.203. The zero-order valence-corrected chi connectivity index (χ0v) is 14.6. The average Bonchev–Trinajstić information content (AvgIpc) is 3.14. The summed E-state index contributed by atoms with van der Waals surface area (Å²) in [5, 5.41) is 3.21. The van der Waals surface area contributed by atoms with Crippen molar-refractivity contribution in [1.82, 2.24) is 19.8 Å². The summed E-state index contributed by atoms with van der Waals surface area (Å²) in [6.45, 7) is 3.11. The molecule has 1 aromatic carbocycles. The maximum Gasteiger partial charge on any atom is 0.242 e. The molecule has 3 rings (SSSR count). The van der Waals surface area contributed by atoms with Crippen molar-refractivity contribution in [1.29, 1.82) is 0 Å². The van der Waals surface area contributed by atoms with Crippen molar-refractivity contribution in [2.45, 2.75) is 18.7 Å². The first kappa shape index (κ1) is 16.3. The number of thioether (sulfide) groups is 1.